The third kappa shape index (κ3) is 5.59. The second kappa shape index (κ2) is 9.43. The predicted octanol–water partition coefficient (Wildman–Crippen LogP) is 3.88. The first-order valence-corrected chi connectivity index (χ1v) is 9.41. The maximum Gasteiger partial charge on any atom is 0.339 e. The molecule has 30 heavy (non-hydrogen) atoms. The predicted molar refractivity (Wildman–Crippen MR) is 113 cm³/mol. The highest BCUT2D eigenvalue weighted by Crippen LogP contribution is 2.32. The molecule has 1 N–H and O–H groups in total. The summed E-state index contributed by atoms with van der Waals surface area (Å²) in [6.07, 6.45) is 0. The minimum Gasteiger partial charge on any atom is -0.483 e. The molecule has 0 atom stereocenters. The van der Waals surface area contributed by atoms with Crippen molar-refractivity contribution in [1.29, 1.82) is 0 Å². The maximum absolute atomic E-state index is 12.5. The Hall–Kier alpha value is -3.35. The number of ether oxygens (including phenoxy) is 3. The fraction of sp³-hybridized carbons (Fsp3) is 0.348. The lowest BCUT2D eigenvalue weighted by atomic mass is 9.85. The van der Waals surface area contributed by atoms with Gasteiger partial charge in [0, 0.05) is 0 Å². The molecule has 1 amide bonds. The SMILES string of the molecule is COC(=O)c1ccc(C(=O)OC)c(NC(=O)COc2ccc(C)cc2C(C)(C)C)c1. The summed E-state index contributed by atoms with van der Waals surface area (Å²) in [5.41, 5.74) is 2.36. The summed E-state index contributed by atoms with van der Waals surface area (Å²) in [6.45, 7) is 7.92. The van der Waals surface area contributed by atoms with Crippen molar-refractivity contribution >= 4 is 23.5 Å². The second-order valence-corrected chi connectivity index (χ2v) is 7.83. The Bertz CT molecular complexity index is 959. The van der Waals surface area contributed by atoms with Gasteiger partial charge in [-0.05, 0) is 42.2 Å². The average Bonchev–Trinajstić information content (AvgIpc) is 2.70. The second-order valence-electron chi connectivity index (χ2n) is 7.83. The third-order valence-electron chi connectivity index (χ3n) is 4.42. The minimum atomic E-state index is -0.642. The lowest BCUT2D eigenvalue weighted by Crippen LogP contribution is -2.23. The molecular formula is C23H27NO6. The number of amides is 1. The van der Waals surface area contributed by atoms with Gasteiger partial charge in [-0.15, -0.1) is 0 Å². The van der Waals surface area contributed by atoms with E-state index < -0.39 is 17.8 Å². The Morgan fingerprint density at radius 1 is 0.933 bits per heavy atom. The van der Waals surface area contributed by atoms with Crippen LogP contribution in [0.3, 0.4) is 0 Å². The smallest absolute Gasteiger partial charge is 0.339 e. The Morgan fingerprint density at radius 2 is 1.60 bits per heavy atom. The molecule has 2 aromatic carbocycles. The monoisotopic (exact) mass is 413 g/mol. The van der Waals surface area contributed by atoms with Gasteiger partial charge in [-0.2, -0.15) is 0 Å². The highest BCUT2D eigenvalue weighted by atomic mass is 16.5. The molecule has 160 valence electrons. The van der Waals surface area contributed by atoms with Gasteiger partial charge in [-0.1, -0.05) is 38.5 Å². The zero-order valence-electron chi connectivity index (χ0n) is 18.1. The van der Waals surface area contributed by atoms with Gasteiger partial charge in [-0.3, -0.25) is 4.79 Å². The van der Waals surface area contributed by atoms with E-state index in [0.29, 0.717) is 5.75 Å². The summed E-state index contributed by atoms with van der Waals surface area (Å²) in [7, 11) is 2.48. The number of carbonyl (C=O) groups excluding carboxylic acids is 3. The van der Waals surface area contributed by atoms with Crippen LogP contribution in [0, 0.1) is 6.92 Å². The molecule has 0 unspecified atom stereocenters. The first kappa shape index (κ1) is 22.9. The molecule has 2 rings (SSSR count). The summed E-state index contributed by atoms with van der Waals surface area (Å²) < 4.78 is 15.2. The first-order chi connectivity index (χ1) is 14.1. The molecular weight excluding hydrogens is 386 g/mol. The number of methoxy groups -OCH3 is 2. The first-order valence-electron chi connectivity index (χ1n) is 9.41. The average molecular weight is 413 g/mol. The van der Waals surface area contributed by atoms with Gasteiger partial charge in [0.05, 0.1) is 31.0 Å². The van der Waals surface area contributed by atoms with Crippen molar-refractivity contribution in [3.8, 4) is 5.75 Å². The number of hydrogen-bond donors (Lipinski definition) is 1. The Morgan fingerprint density at radius 3 is 2.20 bits per heavy atom. The highest BCUT2D eigenvalue weighted by molar-refractivity contribution is 6.03. The molecule has 2 aromatic rings. The van der Waals surface area contributed by atoms with Crippen molar-refractivity contribution in [2.45, 2.75) is 33.1 Å². The fourth-order valence-electron chi connectivity index (χ4n) is 2.87. The van der Waals surface area contributed by atoms with Gasteiger partial charge < -0.3 is 19.5 Å². The molecule has 0 saturated carbocycles. The molecule has 7 nitrogen and oxygen atoms in total. The molecule has 0 heterocycles. The molecule has 7 heteroatoms. The zero-order chi connectivity index (χ0) is 22.5. The number of aryl methyl sites for hydroxylation is 1. The van der Waals surface area contributed by atoms with E-state index in [2.05, 4.69) is 26.1 Å². The van der Waals surface area contributed by atoms with E-state index in [-0.39, 0.29) is 28.8 Å². The van der Waals surface area contributed by atoms with Crippen LogP contribution in [-0.4, -0.2) is 38.7 Å². The molecule has 0 aromatic heterocycles. The van der Waals surface area contributed by atoms with Crippen molar-refractivity contribution in [2.75, 3.05) is 26.1 Å². The van der Waals surface area contributed by atoms with E-state index in [9.17, 15) is 14.4 Å². The molecule has 0 aliphatic rings. The molecule has 0 bridgehead atoms. The van der Waals surface area contributed by atoms with E-state index in [1.165, 1.54) is 32.4 Å². The summed E-state index contributed by atoms with van der Waals surface area (Å²) in [5.74, 6) is -1.11. The van der Waals surface area contributed by atoms with E-state index in [1.807, 2.05) is 25.1 Å². The van der Waals surface area contributed by atoms with Crippen LogP contribution in [0.15, 0.2) is 36.4 Å². The van der Waals surface area contributed by atoms with E-state index in [4.69, 9.17) is 14.2 Å². The zero-order valence-corrected chi connectivity index (χ0v) is 18.1. The summed E-state index contributed by atoms with van der Waals surface area (Å²) in [6, 6.07) is 9.96. The van der Waals surface area contributed by atoms with Crippen LogP contribution < -0.4 is 10.1 Å². The third-order valence-corrected chi connectivity index (χ3v) is 4.42. The molecule has 0 spiro atoms. The molecule has 0 fully saturated rings. The van der Waals surface area contributed by atoms with Gasteiger partial charge >= 0.3 is 11.9 Å². The molecule has 0 radical (unpaired) electrons. The van der Waals surface area contributed by atoms with Crippen LogP contribution in [0.25, 0.3) is 0 Å². The van der Waals surface area contributed by atoms with Crippen LogP contribution >= 0.6 is 0 Å². The summed E-state index contributed by atoms with van der Waals surface area (Å²) in [5, 5.41) is 2.61. The minimum absolute atomic E-state index is 0.115. The van der Waals surface area contributed by atoms with Crippen LogP contribution in [-0.2, 0) is 19.7 Å². The number of rotatable bonds is 6. The number of nitrogens with one attached hydrogen (secondary N) is 1. The number of carbonyl (C=O) groups is 3. The summed E-state index contributed by atoms with van der Waals surface area (Å²) in [4.78, 5) is 36.3. The van der Waals surface area contributed by atoms with E-state index in [0.717, 1.165) is 11.1 Å². The quantitative estimate of drug-likeness (QED) is 0.723. The van der Waals surface area contributed by atoms with E-state index >= 15 is 0 Å². The van der Waals surface area contributed by atoms with Gasteiger partial charge in [0.1, 0.15) is 5.75 Å². The van der Waals surface area contributed by atoms with Crippen molar-refractivity contribution in [1.82, 2.24) is 0 Å². The lowest BCUT2D eigenvalue weighted by molar-refractivity contribution is -0.118. The van der Waals surface area contributed by atoms with Crippen LogP contribution in [0.4, 0.5) is 5.69 Å². The number of benzene rings is 2. The molecule has 0 aliphatic carbocycles. The molecule has 0 saturated heterocycles. The topological polar surface area (TPSA) is 90.9 Å². The Balaban J connectivity index is 2.22. The maximum atomic E-state index is 12.5. The Kier molecular flexibility index (Phi) is 7.21. The largest absolute Gasteiger partial charge is 0.483 e. The number of anilines is 1. The van der Waals surface area contributed by atoms with Gasteiger partial charge in [0.2, 0.25) is 0 Å². The van der Waals surface area contributed by atoms with Gasteiger partial charge in [-0.25, -0.2) is 9.59 Å². The van der Waals surface area contributed by atoms with Crippen LogP contribution in [0.5, 0.6) is 5.75 Å². The van der Waals surface area contributed by atoms with Crippen molar-refractivity contribution in [3.05, 3.63) is 58.7 Å². The van der Waals surface area contributed by atoms with Crippen molar-refractivity contribution in [3.63, 3.8) is 0 Å². The highest BCUT2D eigenvalue weighted by Gasteiger charge is 2.21. The van der Waals surface area contributed by atoms with Crippen LogP contribution in [0.2, 0.25) is 0 Å². The van der Waals surface area contributed by atoms with Gasteiger partial charge in [0.15, 0.2) is 6.61 Å². The summed E-state index contributed by atoms with van der Waals surface area (Å²) >= 11 is 0. The number of esters is 2. The van der Waals surface area contributed by atoms with Crippen molar-refractivity contribution in [2.24, 2.45) is 0 Å². The Labute approximate surface area is 176 Å². The standard InChI is InChI=1S/C23H27NO6/c1-14-7-10-19(17(11-14)23(2,3)4)30-13-20(25)24-18-12-15(21(26)28-5)8-9-16(18)22(27)29-6/h7-12H,13H2,1-6H3,(H,24,25). The van der Waals surface area contributed by atoms with Gasteiger partial charge in [0.25, 0.3) is 5.91 Å². The fourth-order valence-corrected chi connectivity index (χ4v) is 2.87. The van der Waals surface area contributed by atoms with E-state index in [1.54, 1.807) is 0 Å². The molecule has 0 aliphatic heterocycles. The lowest BCUT2D eigenvalue weighted by Gasteiger charge is -2.23. The van der Waals surface area contributed by atoms with Crippen molar-refractivity contribution < 1.29 is 28.6 Å². The van der Waals surface area contributed by atoms with Crippen LogP contribution in [0.1, 0.15) is 52.6 Å². The normalized spacial score (nSPS) is 10.9. The number of hydrogen-bond acceptors (Lipinski definition) is 6.